The first kappa shape index (κ1) is 15.3. The lowest BCUT2D eigenvalue weighted by atomic mass is 9.50. The number of likely N-dealkylation sites (tertiary alicyclic amines) is 1. The smallest absolute Gasteiger partial charge is 0.166 e. The Kier molecular flexibility index (Phi) is 2.81. The van der Waals surface area contributed by atoms with Crippen LogP contribution in [0.1, 0.15) is 36.8 Å². The number of hydrogen-bond acceptors (Lipinski definition) is 5. The van der Waals surface area contributed by atoms with Crippen LogP contribution in [0.4, 0.5) is 0 Å². The SMILES string of the molecule is CNC1=CC[C@]2(O)C3Cc4ccc(O)c5c4[C@]2(CCN3CC2CC2)[C@@H]1O5. The Balaban J connectivity index is 1.58. The summed E-state index contributed by atoms with van der Waals surface area (Å²) in [4.78, 5) is 2.55. The highest BCUT2D eigenvalue weighted by atomic mass is 16.5. The lowest BCUT2D eigenvalue weighted by Crippen LogP contribution is -2.75. The van der Waals surface area contributed by atoms with E-state index in [4.69, 9.17) is 4.74 Å². The summed E-state index contributed by atoms with van der Waals surface area (Å²) in [5.41, 5.74) is 2.07. The predicted molar refractivity (Wildman–Crippen MR) is 97.3 cm³/mol. The van der Waals surface area contributed by atoms with Gasteiger partial charge in [-0.1, -0.05) is 12.1 Å². The maximum absolute atomic E-state index is 12.1. The summed E-state index contributed by atoms with van der Waals surface area (Å²) < 4.78 is 6.35. The van der Waals surface area contributed by atoms with Crippen molar-refractivity contribution in [3.05, 3.63) is 35.0 Å². The van der Waals surface area contributed by atoms with E-state index in [-0.39, 0.29) is 17.9 Å². The second-order valence-electron chi connectivity index (χ2n) is 8.86. The third kappa shape index (κ3) is 1.61. The molecule has 4 atom stereocenters. The molecular weight excluding hydrogens is 328 g/mol. The first-order valence-electron chi connectivity index (χ1n) is 9.94. The average molecular weight is 354 g/mol. The third-order valence-electron chi connectivity index (χ3n) is 7.72. The molecule has 0 aromatic heterocycles. The van der Waals surface area contributed by atoms with Crippen LogP contribution < -0.4 is 10.1 Å². The van der Waals surface area contributed by atoms with Gasteiger partial charge in [0.1, 0.15) is 0 Å². The Morgan fingerprint density at radius 2 is 2.19 bits per heavy atom. The van der Waals surface area contributed by atoms with E-state index in [2.05, 4.69) is 16.3 Å². The zero-order valence-corrected chi connectivity index (χ0v) is 15.2. The number of hydrogen-bond donors (Lipinski definition) is 3. The molecule has 2 fully saturated rings. The van der Waals surface area contributed by atoms with Crippen molar-refractivity contribution < 1.29 is 14.9 Å². The minimum absolute atomic E-state index is 0.126. The number of piperidine rings is 1. The van der Waals surface area contributed by atoms with Gasteiger partial charge in [-0.05, 0) is 56.2 Å². The van der Waals surface area contributed by atoms with E-state index in [0.29, 0.717) is 12.2 Å². The van der Waals surface area contributed by atoms with Gasteiger partial charge in [0.25, 0.3) is 0 Å². The second-order valence-corrected chi connectivity index (χ2v) is 8.86. The van der Waals surface area contributed by atoms with E-state index in [1.54, 1.807) is 6.07 Å². The van der Waals surface area contributed by atoms with Gasteiger partial charge < -0.3 is 20.3 Å². The standard InChI is InChI=1S/C21H26N2O3/c1-22-14-6-7-21(25)16-10-13-4-5-15(24)18-17(13)20(21,19(14)26-18)8-9-23(16)11-12-2-3-12/h4-6,12,16,19,22,24-25H,2-3,7-11H2,1H3/t16?,19-,20-,21+/m1/s1. The highest BCUT2D eigenvalue weighted by Crippen LogP contribution is 2.65. The number of aliphatic hydroxyl groups is 1. The normalized spacial score (nSPS) is 39.8. The van der Waals surface area contributed by atoms with Crippen LogP contribution in [0.25, 0.3) is 0 Å². The molecule has 2 bridgehead atoms. The lowest BCUT2D eigenvalue weighted by Gasteiger charge is -2.62. The zero-order chi connectivity index (χ0) is 17.7. The van der Waals surface area contributed by atoms with Crippen LogP contribution in [0.15, 0.2) is 23.9 Å². The Hall–Kier alpha value is -1.72. The number of likely N-dealkylation sites (N-methyl/N-ethyl adjacent to an activating group) is 1. The molecule has 1 aromatic carbocycles. The highest BCUT2D eigenvalue weighted by molar-refractivity contribution is 5.64. The molecule has 0 radical (unpaired) electrons. The Morgan fingerprint density at radius 3 is 2.96 bits per heavy atom. The Bertz CT molecular complexity index is 833. The highest BCUT2D eigenvalue weighted by Gasteiger charge is 2.71. The summed E-state index contributed by atoms with van der Waals surface area (Å²) in [7, 11) is 1.92. The van der Waals surface area contributed by atoms with Crippen molar-refractivity contribution in [1.82, 2.24) is 10.2 Å². The fourth-order valence-electron chi connectivity index (χ4n) is 6.34. The van der Waals surface area contributed by atoms with Gasteiger partial charge in [-0.25, -0.2) is 0 Å². The van der Waals surface area contributed by atoms with Crippen molar-refractivity contribution in [2.75, 3.05) is 20.1 Å². The molecule has 0 amide bonds. The number of phenolic OH excluding ortho intramolecular Hbond substituents is 1. The monoisotopic (exact) mass is 354 g/mol. The largest absolute Gasteiger partial charge is 0.504 e. The van der Waals surface area contributed by atoms with Gasteiger partial charge in [-0.15, -0.1) is 0 Å². The number of aromatic hydroxyl groups is 1. The molecule has 3 aliphatic carbocycles. The molecule has 6 rings (SSSR count). The number of benzene rings is 1. The maximum Gasteiger partial charge on any atom is 0.166 e. The molecule has 2 aliphatic heterocycles. The molecule has 138 valence electrons. The minimum Gasteiger partial charge on any atom is -0.504 e. The van der Waals surface area contributed by atoms with Crippen molar-refractivity contribution in [1.29, 1.82) is 0 Å². The van der Waals surface area contributed by atoms with E-state index in [0.717, 1.165) is 43.1 Å². The molecule has 1 saturated carbocycles. The van der Waals surface area contributed by atoms with E-state index in [1.807, 2.05) is 13.1 Å². The summed E-state index contributed by atoms with van der Waals surface area (Å²) >= 11 is 0. The molecule has 26 heavy (non-hydrogen) atoms. The predicted octanol–water partition coefficient (Wildman–Crippen LogP) is 1.67. The first-order chi connectivity index (χ1) is 12.6. The van der Waals surface area contributed by atoms with Crippen molar-refractivity contribution in [2.45, 2.75) is 55.3 Å². The van der Waals surface area contributed by atoms with Crippen LogP contribution in [-0.2, 0) is 11.8 Å². The van der Waals surface area contributed by atoms with Crippen LogP contribution in [0, 0.1) is 5.92 Å². The van der Waals surface area contributed by atoms with E-state index >= 15 is 0 Å². The zero-order valence-electron chi connectivity index (χ0n) is 15.2. The van der Waals surface area contributed by atoms with Gasteiger partial charge in [0.15, 0.2) is 17.6 Å². The van der Waals surface area contributed by atoms with Gasteiger partial charge in [-0.3, -0.25) is 4.90 Å². The van der Waals surface area contributed by atoms with Gasteiger partial charge in [0.05, 0.1) is 11.0 Å². The molecule has 1 aromatic rings. The van der Waals surface area contributed by atoms with Gasteiger partial charge >= 0.3 is 0 Å². The van der Waals surface area contributed by atoms with E-state index < -0.39 is 11.0 Å². The molecular formula is C21H26N2O3. The summed E-state index contributed by atoms with van der Waals surface area (Å²) in [6.07, 6.45) is 6.90. The summed E-state index contributed by atoms with van der Waals surface area (Å²) in [6, 6.07) is 3.93. The third-order valence-corrected chi connectivity index (χ3v) is 7.72. The fourth-order valence-corrected chi connectivity index (χ4v) is 6.34. The Morgan fingerprint density at radius 1 is 1.35 bits per heavy atom. The van der Waals surface area contributed by atoms with E-state index in [9.17, 15) is 10.2 Å². The molecule has 5 heteroatoms. The van der Waals surface area contributed by atoms with Gasteiger partial charge in [-0.2, -0.15) is 0 Å². The van der Waals surface area contributed by atoms with Crippen LogP contribution >= 0.6 is 0 Å². The minimum atomic E-state index is -0.836. The average Bonchev–Trinajstić information content (AvgIpc) is 3.37. The van der Waals surface area contributed by atoms with Crippen molar-refractivity contribution in [3.8, 4) is 11.5 Å². The van der Waals surface area contributed by atoms with Crippen LogP contribution in [-0.4, -0.2) is 53.0 Å². The van der Waals surface area contributed by atoms with Crippen molar-refractivity contribution >= 4 is 0 Å². The van der Waals surface area contributed by atoms with Gasteiger partial charge in [0.2, 0.25) is 0 Å². The van der Waals surface area contributed by atoms with Crippen LogP contribution in [0.3, 0.4) is 0 Å². The molecule has 1 saturated heterocycles. The topological polar surface area (TPSA) is 65.0 Å². The number of ether oxygens (including phenoxy) is 1. The first-order valence-corrected chi connectivity index (χ1v) is 9.94. The van der Waals surface area contributed by atoms with Gasteiger partial charge in [0, 0.05) is 30.9 Å². The lowest BCUT2D eigenvalue weighted by molar-refractivity contribution is -0.164. The number of phenols is 1. The molecule has 2 heterocycles. The molecule has 3 N–H and O–H groups in total. The van der Waals surface area contributed by atoms with Crippen LogP contribution in [0.5, 0.6) is 11.5 Å². The molecule has 1 unspecified atom stereocenters. The molecule has 1 spiro atoms. The molecule has 5 nitrogen and oxygen atoms in total. The van der Waals surface area contributed by atoms with E-state index in [1.165, 1.54) is 18.4 Å². The summed E-state index contributed by atoms with van der Waals surface area (Å²) in [5.74, 6) is 1.61. The van der Waals surface area contributed by atoms with Crippen molar-refractivity contribution in [3.63, 3.8) is 0 Å². The van der Waals surface area contributed by atoms with Crippen LogP contribution in [0.2, 0.25) is 0 Å². The number of nitrogens with one attached hydrogen (secondary N) is 1. The molecule has 5 aliphatic rings. The number of nitrogens with zero attached hydrogens (tertiary/aromatic N) is 1. The fraction of sp³-hybridized carbons (Fsp3) is 0.619. The second kappa shape index (κ2) is 4.76. The summed E-state index contributed by atoms with van der Waals surface area (Å²) in [5, 5.41) is 25.9. The number of rotatable bonds is 3. The summed E-state index contributed by atoms with van der Waals surface area (Å²) in [6.45, 7) is 2.10. The maximum atomic E-state index is 12.1. The quantitative estimate of drug-likeness (QED) is 0.771. The van der Waals surface area contributed by atoms with Crippen molar-refractivity contribution in [2.24, 2.45) is 5.92 Å². The Labute approximate surface area is 153 Å².